The minimum absolute atomic E-state index is 0.0537. The molecule has 5 heteroatoms. The first-order chi connectivity index (χ1) is 9.61. The number of carbonyl (C=O) groups is 1. The molecule has 5 nitrogen and oxygen atoms in total. The number of nitrogens with zero attached hydrogens (tertiary/aromatic N) is 2. The molecule has 1 aromatic heterocycles. The Morgan fingerprint density at radius 1 is 1.40 bits per heavy atom. The summed E-state index contributed by atoms with van der Waals surface area (Å²) in [4.78, 5) is 12.2. The van der Waals surface area contributed by atoms with Crippen LogP contribution in [0.25, 0.3) is 0 Å². The summed E-state index contributed by atoms with van der Waals surface area (Å²) in [7, 11) is 1.87. The average Bonchev–Trinajstić information content (AvgIpc) is 2.77. The van der Waals surface area contributed by atoms with Gasteiger partial charge in [-0.1, -0.05) is 30.3 Å². The second-order valence-corrected chi connectivity index (χ2v) is 4.83. The van der Waals surface area contributed by atoms with Gasteiger partial charge in [0.1, 0.15) is 0 Å². The van der Waals surface area contributed by atoms with Crippen LogP contribution in [0.3, 0.4) is 0 Å². The third-order valence-electron chi connectivity index (χ3n) is 3.32. The summed E-state index contributed by atoms with van der Waals surface area (Å²) in [5.41, 5.74) is 8.62. The fourth-order valence-corrected chi connectivity index (χ4v) is 2.21. The van der Waals surface area contributed by atoms with Crippen LogP contribution in [0.5, 0.6) is 0 Å². The SMILES string of the molecule is Cc1nn(C)cc1CNC(=O)C(CN)c1ccccc1. The van der Waals surface area contributed by atoms with Crippen molar-refractivity contribution in [2.75, 3.05) is 6.54 Å². The summed E-state index contributed by atoms with van der Waals surface area (Å²) in [6.07, 6.45) is 1.91. The van der Waals surface area contributed by atoms with E-state index >= 15 is 0 Å². The van der Waals surface area contributed by atoms with E-state index < -0.39 is 0 Å². The third kappa shape index (κ3) is 3.24. The van der Waals surface area contributed by atoms with E-state index in [1.807, 2.05) is 50.5 Å². The topological polar surface area (TPSA) is 72.9 Å². The number of carbonyl (C=O) groups excluding carboxylic acids is 1. The lowest BCUT2D eigenvalue weighted by molar-refractivity contribution is -0.122. The molecule has 106 valence electrons. The first-order valence-corrected chi connectivity index (χ1v) is 6.63. The minimum Gasteiger partial charge on any atom is -0.351 e. The van der Waals surface area contributed by atoms with E-state index in [0.717, 1.165) is 16.8 Å². The van der Waals surface area contributed by atoms with Crippen LogP contribution in [-0.2, 0) is 18.4 Å². The molecule has 2 rings (SSSR count). The van der Waals surface area contributed by atoms with Crippen LogP contribution in [-0.4, -0.2) is 22.2 Å². The molecule has 0 saturated heterocycles. The number of hydrogen-bond acceptors (Lipinski definition) is 3. The minimum atomic E-state index is -0.312. The predicted molar refractivity (Wildman–Crippen MR) is 78.0 cm³/mol. The molecule has 0 aliphatic heterocycles. The quantitative estimate of drug-likeness (QED) is 0.855. The molecule has 1 atom stereocenters. The van der Waals surface area contributed by atoms with E-state index in [-0.39, 0.29) is 11.8 Å². The van der Waals surface area contributed by atoms with Gasteiger partial charge in [-0.25, -0.2) is 0 Å². The molecule has 20 heavy (non-hydrogen) atoms. The maximum atomic E-state index is 12.2. The molecule has 0 fully saturated rings. The number of hydrogen-bond donors (Lipinski definition) is 2. The standard InChI is InChI=1S/C15H20N4O/c1-11-13(10-19(2)18-11)9-17-15(20)14(8-16)12-6-4-3-5-7-12/h3-7,10,14H,8-9,16H2,1-2H3,(H,17,20). The Morgan fingerprint density at radius 2 is 2.10 bits per heavy atom. The van der Waals surface area contributed by atoms with Crippen molar-refractivity contribution in [1.29, 1.82) is 0 Å². The molecule has 0 aliphatic rings. The molecular formula is C15H20N4O. The van der Waals surface area contributed by atoms with Crippen LogP contribution in [0.1, 0.15) is 22.7 Å². The Hall–Kier alpha value is -2.14. The van der Waals surface area contributed by atoms with E-state index in [4.69, 9.17) is 5.73 Å². The summed E-state index contributed by atoms with van der Waals surface area (Å²) < 4.78 is 1.74. The molecule has 2 aromatic rings. The lowest BCUT2D eigenvalue weighted by Gasteiger charge is -2.15. The summed E-state index contributed by atoms with van der Waals surface area (Å²) in [6, 6.07) is 9.60. The van der Waals surface area contributed by atoms with E-state index in [9.17, 15) is 4.79 Å². The van der Waals surface area contributed by atoms with Gasteiger partial charge in [0.2, 0.25) is 5.91 Å². The van der Waals surface area contributed by atoms with Gasteiger partial charge in [-0.15, -0.1) is 0 Å². The molecule has 0 saturated carbocycles. The van der Waals surface area contributed by atoms with Crippen LogP contribution in [0.2, 0.25) is 0 Å². The van der Waals surface area contributed by atoms with Crippen molar-refractivity contribution in [3.8, 4) is 0 Å². The molecule has 0 radical (unpaired) electrons. The smallest absolute Gasteiger partial charge is 0.229 e. The summed E-state index contributed by atoms with van der Waals surface area (Å²) >= 11 is 0. The van der Waals surface area contributed by atoms with Gasteiger partial charge >= 0.3 is 0 Å². The Morgan fingerprint density at radius 3 is 2.65 bits per heavy atom. The molecule has 1 aromatic carbocycles. The molecule has 3 N–H and O–H groups in total. The predicted octanol–water partition coefficient (Wildman–Crippen LogP) is 1.09. The number of aryl methyl sites for hydroxylation is 2. The maximum Gasteiger partial charge on any atom is 0.229 e. The van der Waals surface area contributed by atoms with Gasteiger partial charge in [-0.05, 0) is 12.5 Å². The van der Waals surface area contributed by atoms with E-state index in [1.54, 1.807) is 4.68 Å². The van der Waals surface area contributed by atoms with Crippen molar-refractivity contribution in [1.82, 2.24) is 15.1 Å². The molecule has 0 spiro atoms. The number of aromatic nitrogens is 2. The van der Waals surface area contributed by atoms with Crippen LogP contribution in [0, 0.1) is 6.92 Å². The van der Waals surface area contributed by atoms with Gasteiger partial charge in [0, 0.05) is 31.9 Å². The van der Waals surface area contributed by atoms with Crippen molar-refractivity contribution < 1.29 is 4.79 Å². The largest absolute Gasteiger partial charge is 0.351 e. The lowest BCUT2D eigenvalue weighted by atomic mass is 9.98. The van der Waals surface area contributed by atoms with Crippen molar-refractivity contribution in [2.45, 2.75) is 19.4 Å². The fraction of sp³-hybridized carbons (Fsp3) is 0.333. The molecule has 1 unspecified atom stereocenters. The first kappa shape index (κ1) is 14.3. The zero-order chi connectivity index (χ0) is 14.5. The summed E-state index contributed by atoms with van der Waals surface area (Å²) in [5, 5.41) is 7.18. The first-order valence-electron chi connectivity index (χ1n) is 6.63. The number of nitrogens with two attached hydrogens (primary N) is 1. The zero-order valence-electron chi connectivity index (χ0n) is 11.8. The Bertz CT molecular complexity index is 577. The Labute approximate surface area is 118 Å². The highest BCUT2D eigenvalue weighted by Crippen LogP contribution is 2.14. The second kappa shape index (κ2) is 6.34. The van der Waals surface area contributed by atoms with Crippen molar-refractivity contribution in [3.05, 3.63) is 53.3 Å². The van der Waals surface area contributed by atoms with Gasteiger partial charge in [-0.2, -0.15) is 5.10 Å². The normalized spacial score (nSPS) is 12.2. The number of benzene rings is 1. The highest BCUT2D eigenvalue weighted by molar-refractivity contribution is 5.83. The number of amides is 1. The van der Waals surface area contributed by atoms with E-state index in [1.165, 1.54) is 0 Å². The molecule has 1 heterocycles. The van der Waals surface area contributed by atoms with Gasteiger partial charge in [0.05, 0.1) is 11.6 Å². The number of rotatable bonds is 5. The summed E-state index contributed by atoms with van der Waals surface area (Å²) in [6.45, 7) is 2.70. The Balaban J connectivity index is 2.02. The monoisotopic (exact) mass is 272 g/mol. The molecule has 1 amide bonds. The molecule has 0 aliphatic carbocycles. The van der Waals surface area contributed by atoms with Crippen LogP contribution in [0.15, 0.2) is 36.5 Å². The highest BCUT2D eigenvalue weighted by Gasteiger charge is 2.18. The maximum absolute atomic E-state index is 12.2. The molecular weight excluding hydrogens is 252 g/mol. The van der Waals surface area contributed by atoms with Crippen molar-refractivity contribution >= 4 is 5.91 Å². The van der Waals surface area contributed by atoms with Crippen LogP contribution >= 0.6 is 0 Å². The molecule has 0 bridgehead atoms. The van der Waals surface area contributed by atoms with Gasteiger partial charge in [-0.3, -0.25) is 9.48 Å². The van der Waals surface area contributed by atoms with Crippen molar-refractivity contribution in [3.63, 3.8) is 0 Å². The fourth-order valence-electron chi connectivity index (χ4n) is 2.21. The zero-order valence-corrected chi connectivity index (χ0v) is 11.8. The van der Waals surface area contributed by atoms with E-state index in [2.05, 4.69) is 10.4 Å². The van der Waals surface area contributed by atoms with Crippen LogP contribution < -0.4 is 11.1 Å². The average molecular weight is 272 g/mol. The second-order valence-electron chi connectivity index (χ2n) is 4.83. The van der Waals surface area contributed by atoms with Crippen LogP contribution in [0.4, 0.5) is 0 Å². The number of nitrogens with one attached hydrogen (secondary N) is 1. The van der Waals surface area contributed by atoms with Gasteiger partial charge in [0.25, 0.3) is 0 Å². The third-order valence-corrected chi connectivity index (χ3v) is 3.32. The van der Waals surface area contributed by atoms with Gasteiger partial charge in [0.15, 0.2) is 0 Å². The summed E-state index contributed by atoms with van der Waals surface area (Å²) in [5.74, 6) is -0.366. The Kier molecular flexibility index (Phi) is 4.53. The van der Waals surface area contributed by atoms with E-state index in [0.29, 0.717) is 13.1 Å². The lowest BCUT2D eigenvalue weighted by Crippen LogP contribution is -2.33. The van der Waals surface area contributed by atoms with Gasteiger partial charge < -0.3 is 11.1 Å². The van der Waals surface area contributed by atoms with Crippen molar-refractivity contribution in [2.24, 2.45) is 12.8 Å². The highest BCUT2D eigenvalue weighted by atomic mass is 16.1.